The second-order valence-electron chi connectivity index (χ2n) is 4.45. The maximum atomic E-state index is 11.8. The number of oxime groups is 1. The molecule has 1 aromatic carbocycles. The van der Waals surface area contributed by atoms with E-state index in [0.717, 1.165) is 11.3 Å². The smallest absolute Gasteiger partial charge is 0.354 e. The first kappa shape index (κ1) is 14.3. The van der Waals surface area contributed by atoms with Crippen molar-refractivity contribution >= 4 is 11.7 Å². The van der Waals surface area contributed by atoms with Crippen LogP contribution in [-0.2, 0) is 14.4 Å². The summed E-state index contributed by atoms with van der Waals surface area (Å²) in [5.41, 5.74) is 5.96. The van der Waals surface area contributed by atoms with Gasteiger partial charge in [0.2, 0.25) is 0 Å². The molecule has 1 aromatic rings. The molecule has 1 atom stereocenters. The van der Waals surface area contributed by atoms with E-state index < -0.39 is 11.6 Å². The predicted molar refractivity (Wildman–Crippen MR) is 73.7 cm³/mol. The van der Waals surface area contributed by atoms with E-state index in [0.29, 0.717) is 18.7 Å². The molecule has 0 fully saturated rings. The molecular formula is C14H18N2O4. The number of hydrogen-bond acceptors (Lipinski definition) is 6. The number of hydrogen-bond donors (Lipinski definition) is 1. The molecule has 0 saturated heterocycles. The van der Waals surface area contributed by atoms with Crippen molar-refractivity contribution in [2.45, 2.75) is 18.9 Å². The molecule has 0 radical (unpaired) electrons. The number of esters is 1. The fourth-order valence-corrected chi connectivity index (χ4v) is 2.03. The molecule has 1 aliphatic heterocycles. The molecule has 0 spiro atoms. The van der Waals surface area contributed by atoms with Crippen molar-refractivity contribution in [3.05, 3.63) is 29.8 Å². The van der Waals surface area contributed by atoms with Gasteiger partial charge in [-0.2, -0.15) is 0 Å². The van der Waals surface area contributed by atoms with Crippen LogP contribution in [0.15, 0.2) is 29.4 Å². The SMILES string of the molecule is CCOc1ccc(C2=NOC(CN)(C(=O)OC)C2)cc1. The van der Waals surface area contributed by atoms with Crippen molar-refractivity contribution in [1.82, 2.24) is 0 Å². The first-order valence-electron chi connectivity index (χ1n) is 6.42. The third kappa shape index (κ3) is 2.60. The number of nitrogens with zero attached hydrogens (tertiary/aromatic N) is 1. The summed E-state index contributed by atoms with van der Waals surface area (Å²) in [6, 6.07) is 7.44. The summed E-state index contributed by atoms with van der Waals surface area (Å²) in [6.45, 7) is 2.56. The van der Waals surface area contributed by atoms with Crippen LogP contribution in [0.5, 0.6) is 5.75 Å². The minimum atomic E-state index is -1.21. The molecule has 1 heterocycles. The molecule has 1 aliphatic rings. The second-order valence-corrected chi connectivity index (χ2v) is 4.45. The van der Waals surface area contributed by atoms with E-state index >= 15 is 0 Å². The van der Waals surface area contributed by atoms with Gasteiger partial charge in [-0.15, -0.1) is 0 Å². The number of carbonyl (C=O) groups is 1. The molecule has 2 rings (SSSR count). The van der Waals surface area contributed by atoms with Crippen molar-refractivity contribution < 1.29 is 19.1 Å². The Bertz CT molecular complexity index is 512. The summed E-state index contributed by atoms with van der Waals surface area (Å²) in [4.78, 5) is 17.0. The number of methoxy groups -OCH3 is 1. The average molecular weight is 278 g/mol. The van der Waals surface area contributed by atoms with E-state index in [1.54, 1.807) is 0 Å². The van der Waals surface area contributed by atoms with E-state index in [2.05, 4.69) is 5.16 Å². The van der Waals surface area contributed by atoms with Gasteiger partial charge in [0.05, 0.1) is 19.4 Å². The Kier molecular flexibility index (Phi) is 4.24. The Hall–Kier alpha value is -2.08. The monoisotopic (exact) mass is 278 g/mol. The third-order valence-electron chi connectivity index (χ3n) is 3.17. The van der Waals surface area contributed by atoms with Crippen LogP contribution in [0.3, 0.4) is 0 Å². The maximum Gasteiger partial charge on any atom is 0.354 e. The van der Waals surface area contributed by atoms with Gasteiger partial charge < -0.3 is 20.0 Å². The van der Waals surface area contributed by atoms with E-state index in [1.165, 1.54) is 7.11 Å². The van der Waals surface area contributed by atoms with Crippen molar-refractivity contribution in [2.75, 3.05) is 20.3 Å². The maximum absolute atomic E-state index is 11.8. The molecule has 0 amide bonds. The lowest BCUT2D eigenvalue weighted by Crippen LogP contribution is -2.46. The first-order valence-corrected chi connectivity index (χ1v) is 6.42. The van der Waals surface area contributed by atoms with Gasteiger partial charge in [0.25, 0.3) is 5.60 Å². The van der Waals surface area contributed by atoms with Gasteiger partial charge in [-0.25, -0.2) is 4.79 Å². The summed E-state index contributed by atoms with van der Waals surface area (Å²) in [7, 11) is 1.30. The highest BCUT2D eigenvalue weighted by molar-refractivity contribution is 6.04. The Balaban J connectivity index is 2.13. The van der Waals surface area contributed by atoms with Crippen molar-refractivity contribution in [1.29, 1.82) is 0 Å². The van der Waals surface area contributed by atoms with Crippen molar-refractivity contribution in [3.8, 4) is 5.75 Å². The summed E-state index contributed by atoms with van der Waals surface area (Å²) < 4.78 is 10.1. The largest absolute Gasteiger partial charge is 0.494 e. The van der Waals surface area contributed by atoms with Crippen LogP contribution in [-0.4, -0.2) is 37.5 Å². The van der Waals surface area contributed by atoms with Gasteiger partial charge in [0.15, 0.2) is 0 Å². The van der Waals surface area contributed by atoms with Gasteiger partial charge in [-0.1, -0.05) is 5.16 Å². The lowest BCUT2D eigenvalue weighted by molar-refractivity contribution is -0.165. The molecule has 2 N–H and O–H groups in total. The van der Waals surface area contributed by atoms with Crippen LogP contribution in [0, 0.1) is 0 Å². The molecule has 20 heavy (non-hydrogen) atoms. The number of ether oxygens (including phenoxy) is 2. The summed E-state index contributed by atoms with van der Waals surface area (Å²) in [6.07, 6.45) is 0.296. The van der Waals surface area contributed by atoms with Crippen LogP contribution >= 0.6 is 0 Å². The molecule has 0 aromatic heterocycles. The minimum Gasteiger partial charge on any atom is -0.494 e. The first-order chi connectivity index (χ1) is 9.65. The Morgan fingerprint density at radius 2 is 2.15 bits per heavy atom. The quantitative estimate of drug-likeness (QED) is 0.815. The van der Waals surface area contributed by atoms with Crippen molar-refractivity contribution in [2.24, 2.45) is 10.9 Å². The number of carbonyl (C=O) groups excluding carboxylic acids is 1. The van der Waals surface area contributed by atoms with Gasteiger partial charge in [0, 0.05) is 13.0 Å². The van der Waals surface area contributed by atoms with Gasteiger partial charge in [-0.3, -0.25) is 0 Å². The molecule has 0 aliphatic carbocycles. The number of rotatable bonds is 5. The van der Waals surface area contributed by atoms with Crippen LogP contribution in [0.25, 0.3) is 0 Å². The molecule has 0 bridgehead atoms. The zero-order valence-electron chi connectivity index (χ0n) is 11.6. The Labute approximate surface area is 117 Å². The van der Waals surface area contributed by atoms with Crippen molar-refractivity contribution in [3.63, 3.8) is 0 Å². The highest BCUT2D eigenvalue weighted by atomic mass is 16.7. The normalized spacial score (nSPS) is 21.1. The molecular weight excluding hydrogens is 260 g/mol. The summed E-state index contributed by atoms with van der Waals surface area (Å²) in [5, 5.41) is 3.97. The number of nitrogens with two attached hydrogens (primary N) is 1. The molecule has 108 valence electrons. The zero-order chi connectivity index (χ0) is 14.6. The fraction of sp³-hybridized carbons (Fsp3) is 0.429. The van der Waals surface area contributed by atoms with E-state index in [9.17, 15) is 4.79 Å². The van der Waals surface area contributed by atoms with Crippen LogP contribution in [0.1, 0.15) is 18.9 Å². The Morgan fingerprint density at radius 3 is 2.70 bits per heavy atom. The van der Waals surface area contributed by atoms with E-state index in [-0.39, 0.29) is 6.54 Å². The van der Waals surface area contributed by atoms with Gasteiger partial charge in [-0.05, 0) is 36.8 Å². The molecule has 0 saturated carbocycles. The minimum absolute atomic E-state index is 0.0176. The summed E-state index contributed by atoms with van der Waals surface area (Å²) >= 11 is 0. The van der Waals surface area contributed by atoms with E-state index in [1.807, 2.05) is 31.2 Å². The Morgan fingerprint density at radius 1 is 1.45 bits per heavy atom. The number of benzene rings is 1. The third-order valence-corrected chi connectivity index (χ3v) is 3.17. The summed E-state index contributed by atoms with van der Waals surface area (Å²) in [5.74, 6) is 0.276. The lowest BCUT2D eigenvalue weighted by atomic mass is 9.94. The molecule has 1 unspecified atom stereocenters. The predicted octanol–water partition coefficient (Wildman–Crippen LogP) is 1.08. The van der Waals surface area contributed by atoms with E-state index in [4.69, 9.17) is 20.0 Å². The fourth-order valence-electron chi connectivity index (χ4n) is 2.03. The van der Waals surface area contributed by atoms with Crippen LogP contribution in [0.2, 0.25) is 0 Å². The highest BCUT2D eigenvalue weighted by Crippen LogP contribution is 2.28. The molecule has 6 nitrogen and oxygen atoms in total. The topological polar surface area (TPSA) is 83.1 Å². The van der Waals surface area contributed by atoms with Gasteiger partial charge >= 0.3 is 5.97 Å². The average Bonchev–Trinajstić information content (AvgIpc) is 2.93. The standard InChI is InChI=1S/C14H18N2O4/c1-3-19-11-6-4-10(5-7-11)12-8-14(9-15,20-16-12)13(17)18-2/h4-7H,3,8-9,15H2,1-2H3. The zero-order valence-corrected chi connectivity index (χ0v) is 11.6. The van der Waals surface area contributed by atoms with Crippen LogP contribution < -0.4 is 10.5 Å². The lowest BCUT2D eigenvalue weighted by Gasteiger charge is -2.21. The second kappa shape index (κ2) is 5.92. The highest BCUT2D eigenvalue weighted by Gasteiger charge is 2.46. The molecule has 6 heteroatoms. The van der Waals surface area contributed by atoms with Gasteiger partial charge in [0.1, 0.15) is 5.75 Å². The van der Waals surface area contributed by atoms with Crippen LogP contribution in [0.4, 0.5) is 0 Å².